The van der Waals surface area contributed by atoms with Crippen molar-refractivity contribution in [3.05, 3.63) is 35.9 Å². The number of esters is 1. The summed E-state index contributed by atoms with van der Waals surface area (Å²) in [7, 11) is 0. The Morgan fingerprint density at radius 1 is 0.957 bits per heavy atom. The van der Waals surface area contributed by atoms with E-state index in [0.717, 1.165) is 19.3 Å². The summed E-state index contributed by atoms with van der Waals surface area (Å²) < 4.78 is 5.06. The minimum atomic E-state index is -0.611. The van der Waals surface area contributed by atoms with Gasteiger partial charge in [0.15, 0.2) is 0 Å². The predicted molar refractivity (Wildman–Crippen MR) is 92.1 cm³/mol. The van der Waals surface area contributed by atoms with Crippen LogP contribution in [0.5, 0.6) is 0 Å². The number of ether oxygens (including phenoxy) is 1. The number of carbonyl (C=O) groups is 1. The molecule has 1 aliphatic rings. The molecule has 1 saturated heterocycles. The number of carbonyl (C=O) groups excluding carboxylic acids is 1. The number of hydrogen-bond donors (Lipinski definition) is 1. The molecular weight excluding hydrogens is 288 g/mol. The number of cyclic esters (lactones) is 1. The maximum absolute atomic E-state index is 11.6. The Morgan fingerprint density at radius 3 is 2.17 bits per heavy atom. The van der Waals surface area contributed by atoms with Crippen LogP contribution in [0.15, 0.2) is 30.3 Å². The topological polar surface area (TPSA) is 46.5 Å². The van der Waals surface area contributed by atoms with E-state index in [1.165, 1.54) is 44.1 Å². The number of aryl methyl sites for hydroxylation is 1. The molecular formula is C20H30O3. The zero-order chi connectivity index (χ0) is 16.5. The van der Waals surface area contributed by atoms with Crippen molar-refractivity contribution in [3.63, 3.8) is 0 Å². The van der Waals surface area contributed by atoms with Gasteiger partial charge in [-0.1, -0.05) is 68.9 Å². The highest BCUT2D eigenvalue weighted by Gasteiger charge is 2.40. The van der Waals surface area contributed by atoms with Gasteiger partial charge in [-0.05, 0) is 31.7 Å². The minimum Gasteiger partial charge on any atom is -0.460 e. The van der Waals surface area contributed by atoms with Crippen LogP contribution in [-0.4, -0.2) is 23.3 Å². The van der Waals surface area contributed by atoms with E-state index in [2.05, 4.69) is 30.3 Å². The highest BCUT2D eigenvalue weighted by Crippen LogP contribution is 2.26. The van der Waals surface area contributed by atoms with Gasteiger partial charge in [0.2, 0.25) is 0 Å². The molecule has 2 rings (SSSR count). The second-order valence-electron chi connectivity index (χ2n) is 6.74. The molecule has 0 aromatic heterocycles. The zero-order valence-electron chi connectivity index (χ0n) is 14.2. The average Bonchev–Trinajstić information content (AvgIpc) is 2.80. The van der Waals surface area contributed by atoms with Crippen LogP contribution >= 0.6 is 0 Å². The smallest absolute Gasteiger partial charge is 0.312 e. The number of aliphatic hydroxyl groups excluding tert-OH is 1. The standard InChI is InChI=1S/C20H30O3/c1-16-19(21)18(20(22)23-16)15-11-6-4-2-3-5-8-12-17-13-9-7-10-14-17/h7,9-10,13-14,16,18-19,21H,2-6,8,11-12,15H2,1H3/t16-,18-,19+/m0/s1. The molecule has 0 radical (unpaired) electrons. The fourth-order valence-corrected chi connectivity index (χ4v) is 3.32. The van der Waals surface area contributed by atoms with Crippen LogP contribution in [0.3, 0.4) is 0 Å². The van der Waals surface area contributed by atoms with Crippen molar-refractivity contribution in [1.82, 2.24) is 0 Å². The van der Waals surface area contributed by atoms with Gasteiger partial charge in [0, 0.05) is 0 Å². The summed E-state index contributed by atoms with van der Waals surface area (Å²) in [4.78, 5) is 11.6. The van der Waals surface area contributed by atoms with E-state index in [9.17, 15) is 9.90 Å². The largest absolute Gasteiger partial charge is 0.460 e. The predicted octanol–water partition coefficient (Wildman–Crippen LogP) is 4.27. The van der Waals surface area contributed by atoms with Crippen molar-refractivity contribution < 1.29 is 14.6 Å². The first kappa shape index (κ1) is 18.0. The normalized spacial score (nSPS) is 23.9. The van der Waals surface area contributed by atoms with Crippen molar-refractivity contribution in [2.24, 2.45) is 5.92 Å². The SMILES string of the molecule is C[C@@H]1OC(=O)[C@@H](CCCCCCCCCc2ccccc2)[C@@H]1O. The molecule has 1 aromatic carbocycles. The Bertz CT molecular complexity index is 457. The summed E-state index contributed by atoms with van der Waals surface area (Å²) in [6.07, 6.45) is 9.48. The lowest BCUT2D eigenvalue weighted by Gasteiger charge is -2.11. The molecule has 1 aliphatic heterocycles. The monoisotopic (exact) mass is 318 g/mol. The Morgan fingerprint density at radius 2 is 1.57 bits per heavy atom. The molecule has 128 valence electrons. The Kier molecular flexibility index (Phi) is 7.60. The fourth-order valence-electron chi connectivity index (χ4n) is 3.32. The van der Waals surface area contributed by atoms with E-state index in [0.29, 0.717) is 0 Å². The minimum absolute atomic E-state index is 0.217. The average molecular weight is 318 g/mol. The number of aliphatic hydroxyl groups is 1. The summed E-state index contributed by atoms with van der Waals surface area (Å²) in [6, 6.07) is 10.7. The molecule has 1 heterocycles. The molecule has 3 nitrogen and oxygen atoms in total. The van der Waals surface area contributed by atoms with Crippen LogP contribution in [0.1, 0.15) is 63.9 Å². The number of unbranched alkanes of at least 4 members (excludes halogenated alkanes) is 6. The van der Waals surface area contributed by atoms with Gasteiger partial charge in [-0.15, -0.1) is 0 Å². The van der Waals surface area contributed by atoms with Gasteiger partial charge < -0.3 is 9.84 Å². The van der Waals surface area contributed by atoms with Crippen molar-refractivity contribution in [3.8, 4) is 0 Å². The lowest BCUT2D eigenvalue weighted by Crippen LogP contribution is -2.24. The summed E-state index contributed by atoms with van der Waals surface area (Å²) in [5, 5.41) is 9.88. The molecule has 3 heteroatoms. The first-order valence-corrected chi connectivity index (χ1v) is 9.11. The van der Waals surface area contributed by atoms with Crippen LogP contribution in [0.2, 0.25) is 0 Å². The van der Waals surface area contributed by atoms with E-state index >= 15 is 0 Å². The molecule has 0 bridgehead atoms. The van der Waals surface area contributed by atoms with Crippen LogP contribution in [-0.2, 0) is 16.0 Å². The molecule has 0 spiro atoms. The third-order valence-electron chi connectivity index (χ3n) is 4.82. The summed E-state index contributed by atoms with van der Waals surface area (Å²) >= 11 is 0. The van der Waals surface area contributed by atoms with Crippen LogP contribution in [0.25, 0.3) is 0 Å². The molecule has 3 atom stereocenters. The third kappa shape index (κ3) is 5.98. The fraction of sp³-hybridized carbons (Fsp3) is 0.650. The van der Waals surface area contributed by atoms with Gasteiger partial charge in [0.1, 0.15) is 12.2 Å². The van der Waals surface area contributed by atoms with Crippen molar-refractivity contribution in [1.29, 1.82) is 0 Å². The van der Waals surface area contributed by atoms with E-state index in [1.54, 1.807) is 6.92 Å². The van der Waals surface area contributed by atoms with Gasteiger partial charge in [0.05, 0.1) is 5.92 Å². The molecule has 0 unspecified atom stereocenters. The van der Waals surface area contributed by atoms with Gasteiger partial charge in [0.25, 0.3) is 0 Å². The Labute approximate surface area is 140 Å². The quantitative estimate of drug-likeness (QED) is 0.517. The van der Waals surface area contributed by atoms with Gasteiger partial charge in [-0.25, -0.2) is 0 Å². The molecule has 1 fully saturated rings. The van der Waals surface area contributed by atoms with E-state index < -0.39 is 6.10 Å². The summed E-state index contributed by atoms with van der Waals surface area (Å²) in [5.74, 6) is -0.512. The second kappa shape index (κ2) is 9.71. The van der Waals surface area contributed by atoms with Crippen molar-refractivity contribution in [2.75, 3.05) is 0 Å². The van der Waals surface area contributed by atoms with Gasteiger partial charge in [-0.2, -0.15) is 0 Å². The van der Waals surface area contributed by atoms with Crippen LogP contribution < -0.4 is 0 Å². The van der Waals surface area contributed by atoms with Crippen molar-refractivity contribution >= 4 is 5.97 Å². The van der Waals surface area contributed by atoms with E-state index in [4.69, 9.17) is 4.74 Å². The molecule has 1 N–H and O–H groups in total. The highest BCUT2D eigenvalue weighted by atomic mass is 16.6. The van der Waals surface area contributed by atoms with Crippen LogP contribution in [0.4, 0.5) is 0 Å². The third-order valence-corrected chi connectivity index (χ3v) is 4.82. The van der Waals surface area contributed by atoms with Crippen LogP contribution in [0, 0.1) is 5.92 Å². The lowest BCUT2D eigenvalue weighted by atomic mass is 9.95. The molecule has 0 saturated carbocycles. The maximum atomic E-state index is 11.6. The molecule has 0 amide bonds. The van der Waals surface area contributed by atoms with Gasteiger partial charge >= 0.3 is 5.97 Å². The number of rotatable bonds is 10. The van der Waals surface area contributed by atoms with Gasteiger partial charge in [-0.3, -0.25) is 4.79 Å². The molecule has 0 aliphatic carbocycles. The summed E-state index contributed by atoms with van der Waals surface area (Å²) in [5.41, 5.74) is 1.43. The first-order chi connectivity index (χ1) is 11.2. The molecule has 23 heavy (non-hydrogen) atoms. The first-order valence-electron chi connectivity index (χ1n) is 9.11. The Balaban J connectivity index is 1.43. The highest BCUT2D eigenvalue weighted by molar-refractivity contribution is 5.75. The maximum Gasteiger partial charge on any atom is 0.312 e. The second-order valence-corrected chi connectivity index (χ2v) is 6.74. The zero-order valence-corrected chi connectivity index (χ0v) is 14.2. The number of benzene rings is 1. The lowest BCUT2D eigenvalue weighted by molar-refractivity contribution is -0.143. The van der Waals surface area contributed by atoms with Crippen molar-refractivity contribution in [2.45, 2.75) is 76.9 Å². The Hall–Kier alpha value is -1.35. The van der Waals surface area contributed by atoms with E-state index in [-0.39, 0.29) is 18.0 Å². The number of hydrogen-bond acceptors (Lipinski definition) is 3. The summed E-state index contributed by atoms with van der Waals surface area (Å²) in [6.45, 7) is 1.76. The van der Waals surface area contributed by atoms with E-state index in [1.807, 2.05) is 0 Å². The molecule has 1 aromatic rings.